The number of benzene rings is 1. The zero-order chi connectivity index (χ0) is 12.0. The summed E-state index contributed by atoms with van der Waals surface area (Å²) in [6, 6.07) is 4.85. The first-order valence-corrected chi connectivity index (χ1v) is 5.85. The fourth-order valence-corrected chi connectivity index (χ4v) is 1.50. The van der Waals surface area contributed by atoms with Gasteiger partial charge in [0.1, 0.15) is 5.82 Å². The van der Waals surface area contributed by atoms with Gasteiger partial charge in [-0.25, -0.2) is 4.39 Å². The van der Waals surface area contributed by atoms with Crippen LogP contribution < -0.4 is 10.6 Å². The van der Waals surface area contributed by atoms with Gasteiger partial charge in [-0.05, 0) is 49.3 Å². The Kier molecular flexibility index (Phi) is 5.19. The average Bonchev–Trinajstić information content (AvgIpc) is 2.24. The largest absolute Gasteiger partial charge is 0.362 e. The van der Waals surface area contributed by atoms with Gasteiger partial charge in [-0.2, -0.15) is 0 Å². The van der Waals surface area contributed by atoms with E-state index in [1.54, 1.807) is 19.1 Å². The Morgan fingerprint density at radius 3 is 2.81 bits per heavy atom. The molecule has 2 nitrogen and oxygen atoms in total. The van der Waals surface area contributed by atoms with Crippen LogP contribution in [0.4, 0.5) is 10.1 Å². The number of anilines is 1. The number of hydrogen-bond donors (Lipinski definition) is 2. The summed E-state index contributed by atoms with van der Waals surface area (Å²) >= 11 is 5.11. The molecule has 0 aliphatic carbocycles. The van der Waals surface area contributed by atoms with E-state index in [-0.39, 0.29) is 5.82 Å². The standard InChI is InChI=1S/C12H17FN2S/c1-3-4-7-14-12(16)15-10-5-6-11(13)9(2)8-10/h5-6,8H,3-4,7H2,1-2H3,(H2,14,15,16). The highest BCUT2D eigenvalue weighted by molar-refractivity contribution is 7.80. The molecule has 0 aliphatic rings. The van der Waals surface area contributed by atoms with Crippen molar-refractivity contribution in [3.63, 3.8) is 0 Å². The Hall–Kier alpha value is -1.16. The SMILES string of the molecule is CCCCNC(=S)Nc1ccc(F)c(C)c1. The maximum Gasteiger partial charge on any atom is 0.170 e. The van der Waals surface area contributed by atoms with Crippen LogP contribution in [0.15, 0.2) is 18.2 Å². The highest BCUT2D eigenvalue weighted by atomic mass is 32.1. The van der Waals surface area contributed by atoms with Gasteiger partial charge in [0.2, 0.25) is 0 Å². The topological polar surface area (TPSA) is 24.1 Å². The van der Waals surface area contributed by atoms with Crippen molar-refractivity contribution >= 4 is 23.0 Å². The Balaban J connectivity index is 2.46. The minimum Gasteiger partial charge on any atom is -0.362 e. The third kappa shape index (κ3) is 4.14. The zero-order valence-corrected chi connectivity index (χ0v) is 10.5. The van der Waals surface area contributed by atoms with E-state index in [0.717, 1.165) is 25.1 Å². The van der Waals surface area contributed by atoms with Crippen LogP contribution in [0.2, 0.25) is 0 Å². The quantitative estimate of drug-likeness (QED) is 0.624. The minimum absolute atomic E-state index is 0.199. The minimum atomic E-state index is -0.199. The molecule has 0 saturated heterocycles. The summed E-state index contributed by atoms with van der Waals surface area (Å²) in [7, 11) is 0. The van der Waals surface area contributed by atoms with E-state index in [0.29, 0.717) is 10.7 Å². The van der Waals surface area contributed by atoms with Crippen molar-refractivity contribution in [1.29, 1.82) is 0 Å². The number of rotatable bonds is 4. The molecule has 4 heteroatoms. The third-order valence-electron chi connectivity index (χ3n) is 2.23. The fourth-order valence-electron chi connectivity index (χ4n) is 1.28. The van der Waals surface area contributed by atoms with E-state index in [4.69, 9.17) is 12.2 Å². The van der Waals surface area contributed by atoms with Crippen LogP contribution in [0.1, 0.15) is 25.3 Å². The van der Waals surface area contributed by atoms with Crippen molar-refractivity contribution in [2.75, 3.05) is 11.9 Å². The maximum atomic E-state index is 13.0. The molecule has 0 unspecified atom stereocenters. The highest BCUT2D eigenvalue weighted by Gasteiger charge is 2.00. The lowest BCUT2D eigenvalue weighted by molar-refractivity contribution is 0.619. The number of halogens is 1. The van der Waals surface area contributed by atoms with Crippen molar-refractivity contribution in [2.45, 2.75) is 26.7 Å². The van der Waals surface area contributed by atoms with Gasteiger partial charge in [0.25, 0.3) is 0 Å². The van der Waals surface area contributed by atoms with E-state index < -0.39 is 0 Å². The van der Waals surface area contributed by atoms with Gasteiger partial charge in [-0.15, -0.1) is 0 Å². The molecular formula is C12H17FN2S. The number of thiocarbonyl (C=S) groups is 1. The smallest absolute Gasteiger partial charge is 0.170 e. The predicted octanol–water partition coefficient (Wildman–Crippen LogP) is 3.22. The number of hydrogen-bond acceptors (Lipinski definition) is 1. The summed E-state index contributed by atoms with van der Waals surface area (Å²) in [6.07, 6.45) is 2.22. The molecule has 1 aromatic rings. The van der Waals surface area contributed by atoms with Crippen LogP contribution in [-0.2, 0) is 0 Å². The Labute approximate surface area is 101 Å². The van der Waals surface area contributed by atoms with E-state index in [1.807, 2.05) is 0 Å². The van der Waals surface area contributed by atoms with E-state index in [2.05, 4.69) is 17.6 Å². The first kappa shape index (κ1) is 12.9. The van der Waals surface area contributed by atoms with Gasteiger partial charge in [0, 0.05) is 12.2 Å². The molecule has 1 rings (SSSR count). The van der Waals surface area contributed by atoms with Crippen molar-refractivity contribution in [3.05, 3.63) is 29.6 Å². The van der Waals surface area contributed by atoms with E-state index in [9.17, 15) is 4.39 Å². The molecule has 0 bridgehead atoms. The van der Waals surface area contributed by atoms with Crippen molar-refractivity contribution in [2.24, 2.45) is 0 Å². The lowest BCUT2D eigenvalue weighted by Gasteiger charge is -2.10. The summed E-state index contributed by atoms with van der Waals surface area (Å²) in [5, 5.41) is 6.70. The van der Waals surface area contributed by atoms with Crippen LogP contribution >= 0.6 is 12.2 Å². The van der Waals surface area contributed by atoms with Crippen molar-refractivity contribution in [3.8, 4) is 0 Å². The summed E-state index contributed by atoms with van der Waals surface area (Å²) in [4.78, 5) is 0. The second kappa shape index (κ2) is 6.43. The molecule has 1 aromatic carbocycles. The molecule has 16 heavy (non-hydrogen) atoms. The summed E-state index contributed by atoms with van der Waals surface area (Å²) in [6.45, 7) is 4.72. The molecular weight excluding hydrogens is 223 g/mol. The molecule has 0 radical (unpaired) electrons. The molecule has 0 atom stereocenters. The van der Waals surface area contributed by atoms with Crippen LogP contribution in [0, 0.1) is 12.7 Å². The number of unbranched alkanes of at least 4 members (excludes halogenated alkanes) is 1. The second-order valence-electron chi connectivity index (χ2n) is 3.70. The van der Waals surface area contributed by atoms with Gasteiger partial charge in [0.05, 0.1) is 0 Å². The van der Waals surface area contributed by atoms with E-state index >= 15 is 0 Å². The van der Waals surface area contributed by atoms with Gasteiger partial charge in [-0.1, -0.05) is 13.3 Å². The van der Waals surface area contributed by atoms with Crippen LogP contribution in [-0.4, -0.2) is 11.7 Å². The molecule has 2 N–H and O–H groups in total. The van der Waals surface area contributed by atoms with Crippen molar-refractivity contribution < 1.29 is 4.39 Å². The molecule has 0 fully saturated rings. The van der Waals surface area contributed by atoms with Crippen LogP contribution in [0.3, 0.4) is 0 Å². The summed E-state index contributed by atoms with van der Waals surface area (Å²) in [5.74, 6) is -0.199. The first-order valence-electron chi connectivity index (χ1n) is 5.44. The Morgan fingerprint density at radius 1 is 1.44 bits per heavy atom. The van der Waals surface area contributed by atoms with Crippen LogP contribution in [0.25, 0.3) is 0 Å². The normalized spacial score (nSPS) is 9.94. The lowest BCUT2D eigenvalue weighted by Crippen LogP contribution is -2.29. The molecule has 0 aliphatic heterocycles. The summed E-state index contributed by atoms with van der Waals surface area (Å²) in [5.41, 5.74) is 1.43. The molecule has 0 saturated carbocycles. The van der Waals surface area contributed by atoms with Gasteiger partial charge in [-0.3, -0.25) is 0 Å². The van der Waals surface area contributed by atoms with Gasteiger partial charge < -0.3 is 10.6 Å². The lowest BCUT2D eigenvalue weighted by atomic mass is 10.2. The average molecular weight is 240 g/mol. The molecule has 0 spiro atoms. The van der Waals surface area contributed by atoms with Gasteiger partial charge in [0.15, 0.2) is 5.11 Å². The fraction of sp³-hybridized carbons (Fsp3) is 0.417. The predicted molar refractivity (Wildman–Crippen MR) is 70.3 cm³/mol. The third-order valence-corrected chi connectivity index (χ3v) is 2.48. The number of nitrogens with one attached hydrogen (secondary N) is 2. The molecule has 0 aromatic heterocycles. The molecule has 0 amide bonds. The highest BCUT2D eigenvalue weighted by Crippen LogP contribution is 2.13. The molecule has 88 valence electrons. The second-order valence-corrected chi connectivity index (χ2v) is 4.11. The monoisotopic (exact) mass is 240 g/mol. The Morgan fingerprint density at radius 2 is 2.19 bits per heavy atom. The molecule has 0 heterocycles. The van der Waals surface area contributed by atoms with Gasteiger partial charge >= 0.3 is 0 Å². The maximum absolute atomic E-state index is 13.0. The first-order chi connectivity index (χ1) is 7.63. The Bertz CT molecular complexity index is 366. The zero-order valence-electron chi connectivity index (χ0n) is 9.64. The van der Waals surface area contributed by atoms with E-state index in [1.165, 1.54) is 6.07 Å². The van der Waals surface area contributed by atoms with Crippen LogP contribution in [0.5, 0.6) is 0 Å². The summed E-state index contributed by atoms with van der Waals surface area (Å²) < 4.78 is 13.0. The van der Waals surface area contributed by atoms with Crippen molar-refractivity contribution in [1.82, 2.24) is 5.32 Å². The number of aryl methyl sites for hydroxylation is 1.